The summed E-state index contributed by atoms with van der Waals surface area (Å²) in [6.07, 6.45) is 0.00727. The number of ether oxygens (including phenoxy) is 1. The Morgan fingerprint density at radius 3 is 2.81 bits per heavy atom. The molecule has 4 atom stereocenters. The van der Waals surface area contributed by atoms with Gasteiger partial charge in [-0.25, -0.2) is 4.79 Å². The number of hydrogen-bond donors (Lipinski definition) is 2. The van der Waals surface area contributed by atoms with Crippen LogP contribution >= 0.6 is 11.8 Å². The Labute approximate surface area is 161 Å². The molecule has 2 N–H and O–H groups in total. The first kappa shape index (κ1) is 18.3. The number of nitrogens with one attached hydrogen (secondary N) is 1. The number of aliphatic carboxylic acids is 1. The Kier molecular flexibility index (Phi) is 4.23. The molecule has 27 heavy (non-hydrogen) atoms. The Hall–Kier alpha value is -2.06. The normalized spacial score (nSPS) is 30.9. The minimum absolute atomic E-state index is 0.348. The fraction of sp³-hybridized carbons (Fsp3) is 0.526. The number of carbonyl (C=O) groups is 3. The Balaban J connectivity index is 1.52. The van der Waals surface area contributed by atoms with Crippen LogP contribution in [0.1, 0.15) is 36.6 Å². The summed E-state index contributed by atoms with van der Waals surface area (Å²) in [6, 6.07) is 4.36. The van der Waals surface area contributed by atoms with E-state index in [4.69, 9.17) is 4.74 Å². The van der Waals surface area contributed by atoms with Crippen molar-refractivity contribution in [3.63, 3.8) is 0 Å². The SMILES string of the molecule is Cc1ccc2c(c1)C(C(=O)N[C@@H]1C(=O)N3[C@@H]1SC(C)(C)[C@@H]3C(=O)O)OCC2. The van der Waals surface area contributed by atoms with Crippen LogP contribution in [-0.2, 0) is 25.5 Å². The van der Waals surface area contributed by atoms with Crippen LogP contribution in [-0.4, -0.2) is 56.6 Å². The summed E-state index contributed by atoms with van der Waals surface area (Å²) >= 11 is 1.41. The molecule has 1 unspecified atom stereocenters. The highest BCUT2D eigenvalue weighted by Crippen LogP contribution is 2.50. The van der Waals surface area contributed by atoms with Gasteiger partial charge in [0.15, 0.2) is 6.10 Å². The number of carboxylic acid groups (broad SMARTS) is 1. The van der Waals surface area contributed by atoms with Crippen molar-refractivity contribution in [1.29, 1.82) is 0 Å². The molecule has 0 radical (unpaired) electrons. The van der Waals surface area contributed by atoms with E-state index in [1.54, 1.807) is 0 Å². The quantitative estimate of drug-likeness (QED) is 0.754. The van der Waals surface area contributed by atoms with Crippen molar-refractivity contribution < 1.29 is 24.2 Å². The number of aryl methyl sites for hydroxylation is 1. The zero-order valence-electron chi connectivity index (χ0n) is 15.4. The van der Waals surface area contributed by atoms with E-state index in [0.717, 1.165) is 23.1 Å². The minimum Gasteiger partial charge on any atom is -0.480 e. The van der Waals surface area contributed by atoms with E-state index in [2.05, 4.69) is 5.32 Å². The zero-order valence-corrected chi connectivity index (χ0v) is 16.2. The lowest BCUT2D eigenvalue weighted by atomic mass is 9.93. The Morgan fingerprint density at radius 1 is 1.37 bits per heavy atom. The second-order valence-electron chi connectivity index (χ2n) is 7.79. The van der Waals surface area contributed by atoms with E-state index >= 15 is 0 Å². The molecule has 0 aliphatic carbocycles. The summed E-state index contributed by atoms with van der Waals surface area (Å²) in [6.45, 7) is 6.03. The summed E-state index contributed by atoms with van der Waals surface area (Å²) < 4.78 is 5.09. The van der Waals surface area contributed by atoms with Crippen LogP contribution in [0.2, 0.25) is 0 Å². The van der Waals surface area contributed by atoms with Gasteiger partial charge in [-0.1, -0.05) is 23.8 Å². The number of benzene rings is 1. The third-order valence-corrected chi connectivity index (χ3v) is 7.02. The van der Waals surface area contributed by atoms with Crippen molar-refractivity contribution in [2.45, 2.75) is 55.5 Å². The van der Waals surface area contributed by atoms with Crippen LogP contribution in [0, 0.1) is 6.92 Å². The summed E-state index contributed by atoms with van der Waals surface area (Å²) in [5.41, 5.74) is 2.96. The van der Waals surface area contributed by atoms with Crippen LogP contribution in [0.4, 0.5) is 0 Å². The highest BCUT2D eigenvalue weighted by Gasteiger charge is 2.64. The zero-order chi connectivity index (χ0) is 19.5. The van der Waals surface area contributed by atoms with Gasteiger partial charge in [-0.2, -0.15) is 0 Å². The largest absolute Gasteiger partial charge is 0.480 e. The first-order valence-electron chi connectivity index (χ1n) is 8.95. The fourth-order valence-electron chi connectivity index (χ4n) is 4.15. The molecule has 0 spiro atoms. The molecular weight excluding hydrogens is 368 g/mol. The number of carbonyl (C=O) groups excluding carboxylic acids is 2. The summed E-state index contributed by atoms with van der Waals surface area (Å²) in [5.74, 6) is -1.72. The number of fused-ring (bicyclic) bond motifs is 2. The van der Waals surface area contributed by atoms with Gasteiger partial charge >= 0.3 is 5.97 Å². The first-order valence-corrected chi connectivity index (χ1v) is 9.83. The van der Waals surface area contributed by atoms with Crippen molar-refractivity contribution in [1.82, 2.24) is 10.2 Å². The second kappa shape index (κ2) is 6.24. The van der Waals surface area contributed by atoms with Gasteiger partial charge in [-0.15, -0.1) is 11.8 Å². The topological polar surface area (TPSA) is 95.9 Å². The molecule has 1 aromatic carbocycles. The smallest absolute Gasteiger partial charge is 0.327 e. The van der Waals surface area contributed by atoms with Crippen LogP contribution in [0.3, 0.4) is 0 Å². The van der Waals surface area contributed by atoms with Gasteiger partial charge in [0.05, 0.1) is 6.61 Å². The predicted octanol–water partition coefficient (Wildman–Crippen LogP) is 1.24. The van der Waals surface area contributed by atoms with E-state index in [9.17, 15) is 19.5 Å². The number of carboxylic acids is 1. The molecule has 0 bridgehead atoms. The van der Waals surface area contributed by atoms with E-state index in [-0.39, 0.29) is 17.2 Å². The number of nitrogens with zero attached hydrogens (tertiary/aromatic N) is 1. The highest BCUT2D eigenvalue weighted by molar-refractivity contribution is 8.01. The number of hydrogen-bond acceptors (Lipinski definition) is 5. The van der Waals surface area contributed by atoms with Gasteiger partial charge in [0.1, 0.15) is 17.5 Å². The Bertz CT molecular complexity index is 839. The monoisotopic (exact) mass is 390 g/mol. The lowest BCUT2D eigenvalue weighted by molar-refractivity contribution is -0.162. The molecule has 2 amide bonds. The summed E-state index contributed by atoms with van der Waals surface area (Å²) in [7, 11) is 0. The van der Waals surface area contributed by atoms with Crippen molar-refractivity contribution >= 4 is 29.5 Å². The maximum Gasteiger partial charge on any atom is 0.327 e. The number of amides is 2. The van der Waals surface area contributed by atoms with Gasteiger partial charge in [0.25, 0.3) is 5.91 Å². The van der Waals surface area contributed by atoms with E-state index in [0.29, 0.717) is 6.61 Å². The highest BCUT2D eigenvalue weighted by atomic mass is 32.2. The van der Waals surface area contributed by atoms with Crippen LogP contribution in [0.15, 0.2) is 18.2 Å². The van der Waals surface area contributed by atoms with Crippen LogP contribution < -0.4 is 5.32 Å². The molecule has 3 aliphatic heterocycles. The average molecular weight is 390 g/mol. The third-order valence-electron chi connectivity index (χ3n) is 5.45. The number of rotatable bonds is 3. The predicted molar refractivity (Wildman–Crippen MR) is 99.2 cm³/mol. The molecule has 2 fully saturated rings. The van der Waals surface area contributed by atoms with Crippen LogP contribution in [0.5, 0.6) is 0 Å². The molecule has 1 aromatic rings. The molecule has 8 heteroatoms. The maximum atomic E-state index is 12.9. The Morgan fingerprint density at radius 2 is 2.11 bits per heavy atom. The van der Waals surface area contributed by atoms with Crippen molar-refractivity contribution in [2.24, 2.45) is 0 Å². The molecule has 3 aliphatic rings. The van der Waals surface area contributed by atoms with Crippen LogP contribution in [0.25, 0.3) is 0 Å². The minimum atomic E-state index is -1.02. The number of β-lactam (4-membered cyclic amide) rings is 1. The van der Waals surface area contributed by atoms with Gasteiger partial charge in [0.2, 0.25) is 5.91 Å². The van der Waals surface area contributed by atoms with Crippen molar-refractivity contribution in [3.8, 4) is 0 Å². The second-order valence-corrected chi connectivity index (χ2v) is 9.56. The summed E-state index contributed by atoms with van der Waals surface area (Å²) in [4.78, 5) is 38.4. The van der Waals surface area contributed by atoms with Gasteiger partial charge < -0.3 is 20.1 Å². The van der Waals surface area contributed by atoms with Gasteiger partial charge in [-0.3, -0.25) is 9.59 Å². The first-order chi connectivity index (χ1) is 12.7. The van der Waals surface area contributed by atoms with Crippen molar-refractivity contribution in [3.05, 3.63) is 34.9 Å². The standard InChI is InChI=1S/C19H22N2O5S/c1-9-4-5-10-6-7-26-13(11(10)8-9)15(22)20-12-16(23)21-14(18(24)25)19(2,3)27-17(12)21/h4-5,8,12-14,17H,6-7H2,1-3H3,(H,20,22)(H,24,25)/t12-,13?,14+,17-/m1/s1. The molecule has 2 saturated heterocycles. The number of thioether (sulfide) groups is 1. The molecule has 7 nitrogen and oxygen atoms in total. The molecule has 0 aromatic heterocycles. The maximum absolute atomic E-state index is 12.9. The average Bonchev–Trinajstić information content (AvgIpc) is 2.87. The molecule has 144 valence electrons. The van der Waals surface area contributed by atoms with E-state index in [1.807, 2.05) is 39.0 Å². The third kappa shape index (κ3) is 2.82. The van der Waals surface area contributed by atoms with E-state index in [1.165, 1.54) is 16.7 Å². The molecular formula is C19H22N2O5S. The van der Waals surface area contributed by atoms with E-state index < -0.39 is 28.9 Å². The lowest BCUT2D eigenvalue weighted by Gasteiger charge is -2.44. The van der Waals surface area contributed by atoms with Gasteiger partial charge in [-0.05, 0) is 38.3 Å². The molecule has 0 saturated carbocycles. The van der Waals surface area contributed by atoms with Crippen molar-refractivity contribution in [2.75, 3.05) is 6.61 Å². The molecule has 4 rings (SSSR count). The van der Waals surface area contributed by atoms with Gasteiger partial charge in [0, 0.05) is 4.75 Å². The lowest BCUT2D eigenvalue weighted by Crippen LogP contribution is -2.71. The summed E-state index contributed by atoms with van der Waals surface area (Å²) in [5, 5.41) is 11.9. The molecule has 3 heterocycles. The fourth-order valence-corrected chi connectivity index (χ4v) is 5.78.